The van der Waals surface area contributed by atoms with Gasteiger partial charge < -0.3 is 9.80 Å². The number of benzene rings is 1. The maximum Gasteiger partial charge on any atom is 0.237 e. The Bertz CT molecular complexity index is 717. The summed E-state index contributed by atoms with van der Waals surface area (Å²) in [6, 6.07) is 5.12. The summed E-state index contributed by atoms with van der Waals surface area (Å²) in [4.78, 5) is 14.4. The third-order valence-electron chi connectivity index (χ3n) is 3.57. The van der Waals surface area contributed by atoms with Crippen molar-refractivity contribution < 1.29 is 13.6 Å². The van der Waals surface area contributed by atoms with Crippen LogP contribution in [0.5, 0.6) is 0 Å². The molecule has 0 bridgehead atoms. The molecule has 0 radical (unpaired) electrons. The number of nitrogens with zero attached hydrogens (tertiary/aromatic N) is 5. The summed E-state index contributed by atoms with van der Waals surface area (Å²) < 4.78 is 28.5. The van der Waals surface area contributed by atoms with Crippen LogP contribution in [0, 0.1) is 34.3 Å². The average Bonchev–Trinajstić information content (AvgIpc) is 2.55. The molecule has 24 heavy (non-hydrogen) atoms. The van der Waals surface area contributed by atoms with E-state index in [1.807, 2.05) is 0 Å². The van der Waals surface area contributed by atoms with Crippen molar-refractivity contribution in [3.8, 4) is 12.1 Å². The van der Waals surface area contributed by atoms with Gasteiger partial charge in [0.1, 0.15) is 17.8 Å². The van der Waals surface area contributed by atoms with Gasteiger partial charge >= 0.3 is 0 Å². The molecule has 0 atom stereocenters. The fraction of sp³-hybridized carbons (Fsp3) is 0.333. The minimum Gasteiger partial charge on any atom is -0.363 e. The fourth-order valence-electron chi connectivity index (χ4n) is 2.37. The third kappa shape index (κ3) is 3.76. The van der Waals surface area contributed by atoms with E-state index in [9.17, 15) is 13.6 Å². The lowest BCUT2D eigenvalue weighted by atomic mass is 10.2. The number of carbonyl (C=O) groups is 1. The second kappa shape index (κ2) is 7.38. The standard InChI is InChI=1S/C15H14F2N6O/c1-10(24)22-2-4-23(5-3-22)15-13(16)6-11(7-14(15)17)20-21-12(8-18)9-19/h6-7,20H,2-5H2,1H3. The predicted octanol–water partition coefficient (Wildman–Crippen LogP) is 1.45. The molecule has 0 spiro atoms. The molecule has 2 rings (SSSR count). The zero-order valence-electron chi connectivity index (χ0n) is 12.9. The summed E-state index contributed by atoms with van der Waals surface area (Å²) in [5.74, 6) is -1.65. The number of nitrogens with one attached hydrogen (secondary N) is 1. The van der Waals surface area contributed by atoms with E-state index >= 15 is 0 Å². The van der Waals surface area contributed by atoms with Gasteiger partial charge in [0, 0.05) is 45.2 Å². The number of hydrogen-bond acceptors (Lipinski definition) is 6. The summed E-state index contributed by atoms with van der Waals surface area (Å²) in [6.07, 6.45) is 0. The van der Waals surface area contributed by atoms with Gasteiger partial charge in [0.2, 0.25) is 11.6 Å². The first-order chi connectivity index (χ1) is 11.5. The highest BCUT2D eigenvalue weighted by molar-refractivity contribution is 6.10. The van der Waals surface area contributed by atoms with Crippen LogP contribution in [0.15, 0.2) is 17.2 Å². The van der Waals surface area contributed by atoms with Crippen LogP contribution in [-0.2, 0) is 4.79 Å². The van der Waals surface area contributed by atoms with Crippen LogP contribution >= 0.6 is 0 Å². The van der Waals surface area contributed by atoms with Crippen LogP contribution in [0.1, 0.15) is 6.92 Å². The number of anilines is 2. The molecule has 1 N–H and O–H groups in total. The Hall–Kier alpha value is -3.20. The quantitative estimate of drug-likeness (QED) is 0.667. The van der Waals surface area contributed by atoms with Crippen LogP contribution in [0.2, 0.25) is 0 Å². The van der Waals surface area contributed by atoms with Crippen LogP contribution in [-0.4, -0.2) is 42.7 Å². The van der Waals surface area contributed by atoms with Crippen LogP contribution < -0.4 is 10.3 Å². The SMILES string of the molecule is CC(=O)N1CCN(c2c(F)cc(NN=C(C#N)C#N)cc2F)CC1. The molecule has 1 aliphatic rings. The van der Waals surface area contributed by atoms with Gasteiger partial charge in [0.25, 0.3) is 0 Å². The van der Waals surface area contributed by atoms with Gasteiger partial charge in [-0.2, -0.15) is 15.6 Å². The van der Waals surface area contributed by atoms with Crippen molar-refractivity contribution in [1.29, 1.82) is 10.5 Å². The van der Waals surface area contributed by atoms with Crippen LogP contribution in [0.4, 0.5) is 20.2 Å². The Kier molecular flexibility index (Phi) is 5.27. The van der Waals surface area contributed by atoms with Crippen LogP contribution in [0.25, 0.3) is 0 Å². The highest BCUT2D eigenvalue weighted by Gasteiger charge is 2.24. The van der Waals surface area contributed by atoms with Crippen molar-refractivity contribution in [3.05, 3.63) is 23.8 Å². The van der Waals surface area contributed by atoms with E-state index in [1.54, 1.807) is 4.90 Å². The van der Waals surface area contributed by atoms with Gasteiger partial charge in [0.05, 0.1) is 5.69 Å². The summed E-state index contributed by atoms with van der Waals surface area (Å²) in [6.45, 7) is 2.89. The number of halogens is 2. The molecule has 124 valence electrons. The second-order valence-corrected chi connectivity index (χ2v) is 5.08. The lowest BCUT2D eigenvalue weighted by Crippen LogP contribution is -2.48. The highest BCUT2D eigenvalue weighted by atomic mass is 19.1. The van der Waals surface area contributed by atoms with Gasteiger partial charge in [0.15, 0.2) is 11.6 Å². The van der Waals surface area contributed by atoms with Gasteiger partial charge in [-0.25, -0.2) is 8.78 Å². The van der Waals surface area contributed by atoms with E-state index in [1.165, 1.54) is 24.0 Å². The average molecular weight is 332 g/mol. The number of piperazine rings is 1. The summed E-state index contributed by atoms with van der Waals surface area (Å²) >= 11 is 0. The predicted molar refractivity (Wildman–Crippen MR) is 83.1 cm³/mol. The minimum atomic E-state index is -0.792. The van der Waals surface area contributed by atoms with E-state index < -0.39 is 17.3 Å². The lowest BCUT2D eigenvalue weighted by molar-refractivity contribution is -0.129. The summed E-state index contributed by atoms with van der Waals surface area (Å²) in [7, 11) is 0. The molecule has 0 unspecified atom stereocenters. The Labute approximate surface area is 137 Å². The number of hydrazone groups is 1. The normalized spacial score (nSPS) is 13.7. The molecule has 1 heterocycles. The maximum absolute atomic E-state index is 14.3. The monoisotopic (exact) mass is 332 g/mol. The largest absolute Gasteiger partial charge is 0.363 e. The Morgan fingerprint density at radius 3 is 2.17 bits per heavy atom. The van der Waals surface area contributed by atoms with Crippen molar-refractivity contribution in [3.63, 3.8) is 0 Å². The van der Waals surface area contributed by atoms with E-state index in [4.69, 9.17) is 10.5 Å². The van der Waals surface area contributed by atoms with Gasteiger partial charge in [-0.3, -0.25) is 10.2 Å². The smallest absolute Gasteiger partial charge is 0.237 e. The van der Waals surface area contributed by atoms with Crippen molar-refractivity contribution in [2.24, 2.45) is 5.10 Å². The number of amides is 1. The molecule has 0 saturated carbocycles. The maximum atomic E-state index is 14.3. The summed E-state index contributed by atoms with van der Waals surface area (Å²) in [5.41, 5.74) is 1.63. The number of rotatable bonds is 3. The van der Waals surface area contributed by atoms with Crippen molar-refractivity contribution in [1.82, 2.24) is 4.90 Å². The molecule has 0 aromatic heterocycles. The molecular weight excluding hydrogens is 318 g/mol. The Morgan fingerprint density at radius 1 is 1.17 bits per heavy atom. The number of carbonyl (C=O) groups excluding carboxylic acids is 1. The second-order valence-electron chi connectivity index (χ2n) is 5.08. The molecule has 1 fully saturated rings. The van der Waals surface area contributed by atoms with E-state index in [0.717, 1.165) is 12.1 Å². The molecule has 1 aromatic rings. The van der Waals surface area contributed by atoms with Gasteiger partial charge in [-0.15, -0.1) is 0 Å². The molecule has 1 amide bonds. The number of nitriles is 2. The fourth-order valence-corrected chi connectivity index (χ4v) is 2.37. The first-order valence-electron chi connectivity index (χ1n) is 7.09. The zero-order chi connectivity index (χ0) is 17.7. The molecule has 1 aromatic carbocycles. The van der Waals surface area contributed by atoms with Gasteiger partial charge in [-0.1, -0.05) is 0 Å². The van der Waals surface area contributed by atoms with E-state index in [2.05, 4.69) is 10.5 Å². The summed E-state index contributed by atoms with van der Waals surface area (Å²) in [5, 5.41) is 20.6. The van der Waals surface area contributed by atoms with Crippen molar-refractivity contribution in [2.45, 2.75) is 6.92 Å². The molecule has 1 saturated heterocycles. The topological polar surface area (TPSA) is 95.5 Å². The van der Waals surface area contributed by atoms with Crippen molar-refractivity contribution >= 4 is 23.0 Å². The molecular formula is C15H14F2N6O. The molecule has 0 aliphatic carbocycles. The first kappa shape index (κ1) is 17.2. The minimum absolute atomic E-state index is 0.0147. The van der Waals surface area contributed by atoms with E-state index in [-0.39, 0.29) is 17.3 Å². The lowest BCUT2D eigenvalue weighted by Gasteiger charge is -2.35. The highest BCUT2D eigenvalue weighted by Crippen LogP contribution is 2.28. The van der Waals surface area contributed by atoms with Crippen LogP contribution in [0.3, 0.4) is 0 Å². The Morgan fingerprint density at radius 2 is 1.71 bits per heavy atom. The number of hydrogen-bond donors (Lipinski definition) is 1. The van der Waals surface area contributed by atoms with Gasteiger partial charge in [-0.05, 0) is 0 Å². The third-order valence-corrected chi connectivity index (χ3v) is 3.57. The van der Waals surface area contributed by atoms with E-state index in [0.29, 0.717) is 26.2 Å². The first-order valence-corrected chi connectivity index (χ1v) is 7.09. The molecule has 1 aliphatic heterocycles. The zero-order valence-corrected chi connectivity index (χ0v) is 12.9. The van der Waals surface area contributed by atoms with Crippen molar-refractivity contribution in [2.75, 3.05) is 36.5 Å². The molecule has 9 heteroatoms. The molecule has 7 nitrogen and oxygen atoms in total. The Balaban J connectivity index is 2.17.